The van der Waals surface area contributed by atoms with Crippen LogP contribution in [0.15, 0.2) is 36.5 Å². The van der Waals surface area contributed by atoms with Crippen LogP contribution in [-0.2, 0) is 4.74 Å². The normalized spacial score (nSPS) is 19.5. The fraction of sp³-hybridized carbons (Fsp3) is 0.500. The zero-order valence-corrected chi connectivity index (χ0v) is 17.3. The molecule has 2 amide bonds. The predicted molar refractivity (Wildman–Crippen MR) is 115 cm³/mol. The Balaban J connectivity index is 1.29. The summed E-state index contributed by atoms with van der Waals surface area (Å²) in [6.07, 6.45) is 4.72. The molecule has 160 valence electrons. The van der Waals surface area contributed by atoms with Crippen molar-refractivity contribution in [3.8, 4) is 5.75 Å². The zero-order chi connectivity index (χ0) is 20.8. The van der Waals surface area contributed by atoms with Crippen molar-refractivity contribution in [2.24, 2.45) is 0 Å². The maximum atomic E-state index is 12.4. The van der Waals surface area contributed by atoms with E-state index in [0.717, 1.165) is 62.1 Å². The number of anilines is 2. The predicted octanol–water partition coefficient (Wildman–Crippen LogP) is 3.17. The van der Waals surface area contributed by atoms with Crippen LogP contribution >= 0.6 is 0 Å². The summed E-state index contributed by atoms with van der Waals surface area (Å²) in [5.74, 6) is 1.98. The van der Waals surface area contributed by atoms with Gasteiger partial charge in [-0.2, -0.15) is 0 Å². The van der Waals surface area contributed by atoms with E-state index in [9.17, 15) is 4.79 Å². The largest absolute Gasteiger partial charge is 0.494 e. The second kappa shape index (κ2) is 9.75. The minimum atomic E-state index is -0.206. The molecule has 2 N–H and O–H groups in total. The molecule has 1 atom stereocenters. The average molecular weight is 412 g/mol. The molecule has 0 bridgehead atoms. The molecular weight excluding hydrogens is 382 g/mol. The number of aromatic nitrogens is 2. The molecule has 1 aromatic carbocycles. The maximum Gasteiger partial charge on any atom is 0.319 e. The van der Waals surface area contributed by atoms with Crippen molar-refractivity contribution < 1.29 is 14.3 Å². The highest BCUT2D eigenvalue weighted by atomic mass is 16.5. The number of hydrogen-bond acceptors (Lipinski definition) is 6. The first-order valence-corrected chi connectivity index (χ1v) is 10.7. The second-order valence-electron chi connectivity index (χ2n) is 7.66. The van der Waals surface area contributed by atoms with E-state index in [1.54, 1.807) is 0 Å². The first kappa shape index (κ1) is 20.4. The van der Waals surface area contributed by atoms with E-state index in [-0.39, 0.29) is 12.1 Å². The van der Waals surface area contributed by atoms with Crippen molar-refractivity contribution in [3.05, 3.63) is 42.2 Å². The molecule has 3 heterocycles. The smallest absolute Gasteiger partial charge is 0.319 e. The molecule has 0 saturated carbocycles. The van der Waals surface area contributed by atoms with E-state index in [1.165, 1.54) is 0 Å². The molecule has 0 radical (unpaired) electrons. The number of carbonyl (C=O) groups excluding carboxylic acids is 1. The summed E-state index contributed by atoms with van der Waals surface area (Å²) >= 11 is 0. The van der Waals surface area contributed by atoms with E-state index in [4.69, 9.17) is 14.5 Å². The van der Waals surface area contributed by atoms with Gasteiger partial charge in [-0.05, 0) is 56.5 Å². The summed E-state index contributed by atoms with van der Waals surface area (Å²) in [6, 6.07) is 9.22. The number of ether oxygens (including phenoxy) is 2. The molecule has 2 aliphatic heterocycles. The van der Waals surface area contributed by atoms with Crippen molar-refractivity contribution in [1.82, 2.24) is 15.3 Å². The molecule has 4 rings (SSSR count). The Hall–Kier alpha value is -2.87. The molecule has 8 heteroatoms. The molecule has 8 nitrogen and oxygen atoms in total. The minimum Gasteiger partial charge on any atom is -0.494 e. The lowest BCUT2D eigenvalue weighted by Crippen LogP contribution is -2.40. The Morgan fingerprint density at radius 1 is 1.20 bits per heavy atom. The molecule has 1 aromatic heterocycles. The summed E-state index contributed by atoms with van der Waals surface area (Å²) in [5.41, 5.74) is 1.83. The Bertz CT molecular complexity index is 839. The Morgan fingerprint density at radius 2 is 2.00 bits per heavy atom. The molecule has 0 aliphatic carbocycles. The van der Waals surface area contributed by atoms with Gasteiger partial charge >= 0.3 is 6.03 Å². The van der Waals surface area contributed by atoms with Gasteiger partial charge in [0.15, 0.2) is 0 Å². The first-order valence-electron chi connectivity index (χ1n) is 10.7. The van der Waals surface area contributed by atoms with Gasteiger partial charge in [-0.1, -0.05) is 0 Å². The van der Waals surface area contributed by atoms with Gasteiger partial charge in [-0.25, -0.2) is 14.8 Å². The van der Waals surface area contributed by atoms with Gasteiger partial charge < -0.3 is 25.0 Å². The van der Waals surface area contributed by atoms with Crippen LogP contribution in [0.2, 0.25) is 0 Å². The first-order chi connectivity index (χ1) is 14.7. The number of nitrogens with zero attached hydrogens (tertiary/aromatic N) is 3. The van der Waals surface area contributed by atoms with E-state index < -0.39 is 0 Å². The van der Waals surface area contributed by atoms with Crippen LogP contribution in [0.5, 0.6) is 5.75 Å². The Morgan fingerprint density at radius 3 is 2.77 bits per heavy atom. The van der Waals surface area contributed by atoms with Gasteiger partial charge in [0.05, 0.1) is 6.61 Å². The summed E-state index contributed by atoms with van der Waals surface area (Å²) < 4.78 is 10.9. The highest BCUT2D eigenvalue weighted by Crippen LogP contribution is 2.27. The van der Waals surface area contributed by atoms with Crippen LogP contribution in [0.3, 0.4) is 0 Å². The molecular formula is C22H29N5O3. The molecule has 1 unspecified atom stereocenters. The third-order valence-electron chi connectivity index (χ3n) is 5.53. The van der Waals surface area contributed by atoms with Crippen LogP contribution in [0.25, 0.3) is 0 Å². The van der Waals surface area contributed by atoms with Crippen LogP contribution in [0.1, 0.15) is 37.8 Å². The van der Waals surface area contributed by atoms with Crippen LogP contribution in [0.4, 0.5) is 16.4 Å². The highest BCUT2D eigenvalue weighted by Gasteiger charge is 2.26. The lowest BCUT2D eigenvalue weighted by molar-refractivity contribution is 0.0845. The summed E-state index contributed by atoms with van der Waals surface area (Å²) in [5, 5.41) is 5.93. The SMILES string of the molecule is CCOc1ccc(NC(=O)NC2CCN(c3nccc(C4CCOCC4)n3)C2)cc1. The zero-order valence-electron chi connectivity index (χ0n) is 17.3. The summed E-state index contributed by atoms with van der Waals surface area (Å²) in [6.45, 7) is 5.68. The van der Waals surface area contributed by atoms with Crippen LogP contribution < -0.4 is 20.3 Å². The van der Waals surface area contributed by atoms with Gasteiger partial charge in [-0.3, -0.25) is 0 Å². The number of rotatable bonds is 6. The van der Waals surface area contributed by atoms with E-state index in [0.29, 0.717) is 19.1 Å². The van der Waals surface area contributed by atoms with Crippen molar-refractivity contribution in [2.45, 2.75) is 38.1 Å². The quantitative estimate of drug-likeness (QED) is 0.759. The number of amides is 2. The average Bonchev–Trinajstić information content (AvgIpc) is 3.24. The number of carbonyl (C=O) groups is 1. The summed E-state index contributed by atoms with van der Waals surface area (Å²) in [4.78, 5) is 23.8. The van der Waals surface area contributed by atoms with Crippen LogP contribution in [-0.4, -0.2) is 55.0 Å². The number of urea groups is 1. The Kier molecular flexibility index (Phi) is 6.63. The highest BCUT2D eigenvalue weighted by molar-refractivity contribution is 5.89. The topological polar surface area (TPSA) is 88.6 Å². The van der Waals surface area contributed by atoms with Crippen molar-refractivity contribution >= 4 is 17.7 Å². The third-order valence-corrected chi connectivity index (χ3v) is 5.53. The molecule has 2 fully saturated rings. The van der Waals surface area contributed by atoms with Gasteiger partial charge in [0.1, 0.15) is 5.75 Å². The van der Waals surface area contributed by atoms with Gasteiger partial charge in [0.25, 0.3) is 0 Å². The van der Waals surface area contributed by atoms with E-state index in [1.807, 2.05) is 43.5 Å². The lowest BCUT2D eigenvalue weighted by Gasteiger charge is -2.23. The standard InChI is InChI=1S/C22H29N5O3/c1-2-30-19-5-3-17(4-6-19)24-22(28)25-18-8-12-27(15-18)21-23-11-7-20(26-21)16-9-13-29-14-10-16/h3-7,11,16,18H,2,8-10,12-15H2,1H3,(H2,24,25,28). The molecule has 2 aromatic rings. The van der Waals surface area contributed by atoms with Gasteiger partial charge in [-0.15, -0.1) is 0 Å². The monoisotopic (exact) mass is 411 g/mol. The number of benzene rings is 1. The van der Waals surface area contributed by atoms with E-state index >= 15 is 0 Å². The molecule has 2 saturated heterocycles. The fourth-order valence-electron chi connectivity index (χ4n) is 3.95. The molecule has 30 heavy (non-hydrogen) atoms. The van der Waals surface area contributed by atoms with E-state index in [2.05, 4.69) is 20.5 Å². The van der Waals surface area contributed by atoms with Gasteiger partial charge in [0, 0.05) is 55.8 Å². The van der Waals surface area contributed by atoms with Gasteiger partial charge in [0.2, 0.25) is 5.95 Å². The fourth-order valence-corrected chi connectivity index (χ4v) is 3.95. The maximum absolute atomic E-state index is 12.4. The van der Waals surface area contributed by atoms with Crippen LogP contribution in [0, 0.1) is 0 Å². The third kappa shape index (κ3) is 5.18. The minimum absolute atomic E-state index is 0.0584. The Labute approximate surface area is 177 Å². The molecule has 0 spiro atoms. The second-order valence-corrected chi connectivity index (χ2v) is 7.66. The number of hydrogen-bond donors (Lipinski definition) is 2. The van der Waals surface area contributed by atoms with Crippen molar-refractivity contribution in [3.63, 3.8) is 0 Å². The van der Waals surface area contributed by atoms with Crippen molar-refractivity contribution in [1.29, 1.82) is 0 Å². The van der Waals surface area contributed by atoms with Crippen molar-refractivity contribution in [2.75, 3.05) is 43.1 Å². The molecule has 2 aliphatic rings. The lowest BCUT2D eigenvalue weighted by atomic mass is 9.96. The summed E-state index contributed by atoms with van der Waals surface area (Å²) in [7, 11) is 0. The number of nitrogens with one attached hydrogen (secondary N) is 2.